The van der Waals surface area contributed by atoms with Crippen molar-refractivity contribution in [1.82, 2.24) is 0 Å². The number of methoxy groups -OCH3 is 1. The topological polar surface area (TPSA) is 60.4 Å². The molecule has 2 atom stereocenters. The van der Waals surface area contributed by atoms with Crippen molar-refractivity contribution in [1.29, 1.82) is 0 Å². The molecule has 0 amide bonds. The lowest BCUT2D eigenvalue weighted by Crippen LogP contribution is -2.14. The van der Waals surface area contributed by atoms with Crippen LogP contribution in [0.25, 0.3) is 0 Å². The fraction of sp³-hybridized carbons (Fsp3) is 0.417. The van der Waals surface area contributed by atoms with E-state index in [2.05, 4.69) is 4.74 Å². The summed E-state index contributed by atoms with van der Waals surface area (Å²) >= 11 is 0. The fourth-order valence-electron chi connectivity index (χ4n) is 1.82. The minimum Gasteiger partial charge on any atom is -0.469 e. The van der Waals surface area contributed by atoms with Crippen molar-refractivity contribution in [3.8, 4) is 0 Å². The zero-order chi connectivity index (χ0) is 12.6. The van der Waals surface area contributed by atoms with Gasteiger partial charge in [0.15, 0.2) is 9.84 Å². The molecule has 1 aliphatic carbocycles. The minimum atomic E-state index is -3.39. The lowest BCUT2D eigenvalue weighted by molar-refractivity contribution is -0.142. The van der Waals surface area contributed by atoms with Gasteiger partial charge in [-0.3, -0.25) is 4.79 Å². The van der Waals surface area contributed by atoms with Gasteiger partial charge in [-0.15, -0.1) is 0 Å². The van der Waals surface area contributed by atoms with Crippen LogP contribution in [-0.2, 0) is 19.4 Å². The third-order valence-electron chi connectivity index (χ3n) is 2.98. The molecule has 0 saturated heterocycles. The van der Waals surface area contributed by atoms with E-state index in [4.69, 9.17) is 0 Å². The molecule has 17 heavy (non-hydrogen) atoms. The van der Waals surface area contributed by atoms with Crippen LogP contribution in [0.5, 0.6) is 0 Å². The highest BCUT2D eigenvalue weighted by Gasteiger charge is 2.52. The normalized spacial score (nSPS) is 23.2. The summed E-state index contributed by atoms with van der Waals surface area (Å²) in [5, 5.41) is -0.613. The molecule has 1 saturated carbocycles. The van der Waals surface area contributed by atoms with Gasteiger partial charge in [-0.2, -0.15) is 0 Å². The molecule has 0 radical (unpaired) electrons. The van der Waals surface area contributed by atoms with Crippen molar-refractivity contribution in [2.24, 2.45) is 5.92 Å². The van der Waals surface area contributed by atoms with Gasteiger partial charge in [-0.25, -0.2) is 8.42 Å². The first-order valence-electron chi connectivity index (χ1n) is 5.35. The van der Waals surface area contributed by atoms with Gasteiger partial charge in [-0.05, 0) is 25.5 Å². The predicted octanol–water partition coefficient (Wildman–Crippen LogP) is 1.33. The van der Waals surface area contributed by atoms with E-state index >= 15 is 0 Å². The molecule has 0 heterocycles. The van der Waals surface area contributed by atoms with Gasteiger partial charge < -0.3 is 4.74 Å². The van der Waals surface area contributed by atoms with E-state index in [9.17, 15) is 13.2 Å². The third-order valence-corrected chi connectivity index (χ3v) is 5.23. The van der Waals surface area contributed by atoms with Crippen molar-refractivity contribution in [2.45, 2.75) is 23.5 Å². The van der Waals surface area contributed by atoms with Crippen LogP contribution in [0.15, 0.2) is 29.2 Å². The summed E-state index contributed by atoms with van der Waals surface area (Å²) in [4.78, 5) is 11.5. The van der Waals surface area contributed by atoms with Gasteiger partial charge in [0, 0.05) is 0 Å². The number of ether oxygens (including phenoxy) is 1. The Bertz CT molecular complexity index is 530. The van der Waals surface area contributed by atoms with Crippen LogP contribution in [0.1, 0.15) is 12.0 Å². The molecule has 0 bridgehead atoms. The number of carbonyl (C=O) groups excluding carboxylic acids is 1. The van der Waals surface area contributed by atoms with Gasteiger partial charge >= 0.3 is 5.97 Å². The quantitative estimate of drug-likeness (QED) is 0.763. The highest BCUT2D eigenvalue weighted by atomic mass is 32.2. The van der Waals surface area contributed by atoms with Crippen LogP contribution in [0, 0.1) is 12.8 Å². The van der Waals surface area contributed by atoms with Crippen molar-refractivity contribution >= 4 is 15.8 Å². The second kappa shape index (κ2) is 4.14. The van der Waals surface area contributed by atoms with E-state index in [1.54, 1.807) is 24.3 Å². The lowest BCUT2D eigenvalue weighted by atomic mass is 10.2. The van der Waals surface area contributed by atoms with Crippen molar-refractivity contribution in [2.75, 3.05) is 7.11 Å². The summed E-state index contributed by atoms with van der Waals surface area (Å²) in [6.45, 7) is 1.89. The maximum absolute atomic E-state index is 12.1. The monoisotopic (exact) mass is 254 g/mol. The van der Waals surface area contributed by atoms with Crippen molar-refractivity contribution in [3.05, 3.63) is 29.8 Å². The lowest BCUT2D eigenvalue weighted by Gasteiger charge is -2.03. The van der Waals surface area contributed by atoms with Crippen LogP contribution >= 0.6 is 0 Å². The summed E-state index contributed by atoms with van der Waals surface area (Å²) in [5.74, 6) is -0.933. The van der Waals surface area contributed by atoms with E-state index in [1.807, 2.05) is 6.92 Å². The summed E-state index contributed by atoms with van der Waals surface area (Å²) in [6, 6.07) is 6.67. The molecule has 1 aliphatic rings. The second-order valence-corrected chi connectivity index (χ2v) is 6.43. The smallest absolute Gasteiger partial charge is 0.310 e. The maximum Gasteiger partial charge on any atom is 0.310 e. The number of rotatable bonds is 3. The molecular formula is C12H14O4S. The van der Waals surface area contributed by atoms with Crippen LogP contribution in [-0.4, -0.2) is 26.7 Å². The number of benzene rings is 1. The van der Waals surface area contributed by atoms with Gasteiger partial charge in [0.1, 0.15) is 0 Å². The molecule has 0 unspecified atom stereocenters. The van der Waals surface area contributed by atoms with Crippen molar-refractivity contribution in [3.63, 3.8) is 0 Å². The average molecular weight is 254 g/mol. The molecule has 0 N–H and O–H groups in total. The zero-order valence-corrected chi connectivity index (χ0v) is 10.5. The Kier molecular flexibility index (Phi) is 2.95. The molecule has 1 aromatic rings. The first kappa shape index (κ1) is 12.1. The van der Waals surface area contributed by atoms with E-state index < -0.39 is 27.0 Å². The molecule has 0 spiro atoms. The molecule has 4 nitrogen and oxygen atoms in total. The molecule has 0 aromatic heterocycles. The maximum atomic E-state index is 12.1. The highest BCUT2D eigenvalue weighted by Crippen LogP contribution is 2.41. The van der Waals surface area contributed by atoms with Gasteiger partial charge in [0.2, 0.25) is 0 Å². The summed E-state index contributed by atoms with van der Waals surface area (Å²) < 4.78 is 28.8. The Morgan fingerprint density at radius 2 is 1.88 bits per heavy atom. The van der Waals surface area contributed by atoms with E-state index in [0.29, 0.717) is 6.42 Å². The fourth-order valence-corrected chi connectivity index (χ4v) is 3.69. The largest absolute Gasteiger partial charge is 0.469 e. The molecular weight excluding hydrogens is 240 g/mol. The number of esters is 1. The van der Waals surface area contributed by atoms with Crippen molar-refractivity contribution < 1.29 is 17.9 Å². The number of aryl methyl sites for hydroxylation is 1. The van der Waals surface area contributed by atoms with Gasteiger partial charge in [0.25, 0.3) is 0 Å². The SMILES string of the molecule is COC(=O)[C@@H]1C[C@H]1S(=O)(=O)c1ccc(C)cc1. The summed E-state index contributed by atoms with van der Waals surface area (Å²) in [6.07, 6.45) is 0.364. The first-order chi connectivity index (χ1) is 7.96. The Morgan fingerprint density at radius 1 is 1.29 bits per heavy atom. The minimum absolute atomic E-state index is 0.277. The standard InChI is InChI=1S/C12H14O4S/c1-8-3-5-9(6-4-8)17(14,15)11-7-10(11)12(13)16-2/h3-6,10-11H,7H2,1-2H3/t10-,11-/m1/s1. The van der Waals surface area contributed by atoms with Crippen LogP contribution in [0.3, 0.4) is 0 Å². The number of hydrogen-bond acceptors (Lipinski definition) is 4. The number of carbonyl (C=O) groups is 1. The summed E-state index contributed by atoms with van der Waals surface area (Å²) in [7, 11) is -2.11. The van der Waals surface area contributed by atoms with E-state index in [0.717, 1.165) is 5.56 Å². The Hall–Kier alpha value is -1.36. The summed E-state index contributed by atoms with van der Waals surface area (Å²) in [5.41, 5.74) is 1.00. The van der Waals surface area contributed by atoms with E-state index in [1.165, 1.54) is 7.11 Å². The van der Waals surface area contributed by atoms with Gasteiger partial charge in [0.05, 0.1) is 23.2 Å². The molecule has 92 valence electrons. The van der Waals surface area contributed by atoms with E-state index in [-0.39, 0.29) is 4.90 Å². The molecule has 0 aliphatic heterocycles. The second-order valence-electron chi connectivity index (χ2n) is 4.26. The Balaban J connectivity index is 2.22. The Morgan fingerprint density at radius 3 is 2.41 bits per heavy atom. The van der Waals surface area contributed by atoms with Crippen LogP contribution in [0.2, 0.25) is 0 Å². The zero-order valence-electron chi connectivity index (χ0n) is 9.71. The molecule has 2 rings (SSSR count). The third kappa shape index (κ3) is 2.20. The van der Waals surface area contributed by atoms with Crippen LogP contribution in [0.4, 0.5) is 0 Å². The molecule has 1 aromatic carbocycles. The molecule has 5 heteroatoms. The van der Waals surface area contributed by atoms with Crippen LogP contribution < -0.4 is 0 Å². The van der Waals surface area contributed by atoms with Gasteiger partial charge in [-0.1, -0.05) is 17.7 Å². The number of sulfone groups is 1. The predicted molar refractivity (Wildman–Crippen MR) is 62.3 cm³/mol. The highest BCUT2D eigenvalue weighted by molar-refractivity contribution is 7.92. The first-order valence-corrected chi connectivity index (χ1v) is 6.90. The Labute approximate surface area is 101 Å². The average Bonchev–Trinajstić information content (AvgIpc) is 3.09. The molecule has 1 fully saturated rings. The number of hydrogen-bond donors (Lipinski definition) is 0.